The number of fused-ring (bicyclic) bond motifs is 3. The summed E-state index contributed by atoms with van der Waals surface area (Å²) in [6.45, 7) is 0. The Hall–Kier alpha value is -1.38. The molecule has 0 aromatic carbocycles. The number of aliphatic imine (C=N–C) groups is 1. The molecule has 1 spiro atoms. The molecule has 53 valence electrons. The fraction of sp³-hybridized carbons (Fsp3) is 0.250. The van der Waals surface area contributed by atoms with Gasteiger partial charge in [0.1, 0.15) is 6.20 Å². The smallest absolute Gasteiger partial charge is 0.117 e. The lowest BCUT2D eigenvalue weighted by Gasteiger charge is -2.09. The summed E-state index contributed by atoms with van der Waals surface area (Å²) in [5.74, 6) is 0. The third-order valence-corrected chi connectivity index (χ3v) is 2.38. The average molecular weight is 144 g/mol. The van der Waals surface area contributed by atoms with Crippen molar-refractivity contribution >= 4 is 6.21 Å². The van der Waals surface area contributed by atoms with E-state index in [2.05, 4.69) is 27.5 Å². The molecule has 1 N–H and O–H groups in total. The van der Waals surface area contributed by atoms with Gasteiger partial charge in [-0.15, -0.1) is 0 Å². The minimum Gasteiger partial charge on any atom is -0.280 e. The van der Waals surface area contributed by atoms with E-state index in [1.807, 2.05) is 12.4 Å². The first-order valence-electron chi connectivity index (χ1n) is 3.60. The van der Waals surface area contributed by atoms with Crippen molar-refractivity contribution in [2.75, 3.05) is 0 Å². The van der Waals surface area contributed by atoms with Gasteiger partial charge in [0.15, 0.2) is 0 Å². The van der Waals surface area contributed by atoms with Gasteiger partial charge in [0.2, 0.25) is 0 Å². The van der Waals surface area contributed by atoms with Gasteiger partial charge in [0.05, 0.1) is 11.1 Å². The Morgan fingerprint density at radius 2 is 2.64 bits per heavy atom. The van der Waals surface area contributed by atoms with Gasteiger partial charge in [0.25, 0.3) is 0 Å². The maximum absolute atomic E-state index is 4.02. The maximum Gasteiger partial charge on any atom is 0.117 e. The maximum atomic E-state index is 4.02. The van der Waals surface area contributed by atoms with E-state index < -0.39 is 0 Å². The van der Waals surface area contributed by atoms with Crippen molar-refractivity contribution in [1.29, 1.82) is 0 Å². The predicted molar refractivity (Wildman–Crippen MR) is 40.5 cm³/mol. The summed E-state index contributed by atoms with van der Waals surface area (Å²) in [6.07, 6.45) is 9.77. The third kappa shape index (κ3) is 0.461. The molecule has 11 heavy (non-hydrogen) atoms. The Morgan fingerprint density at radius 1 is 1.64 bits per heavy atom. The van der Waals surface area contributed by atoms with Gasteiger partial charge in [-0.1, -0.05) is 0 Å². The molecule has 1 aromatic heterocycles. The van der Waals surface area contributed by atoms with Crippen LogP contribution >= 0.6 is 0 Å². The van der Waals surface area contributed by atoms with Crippen molar-refractivity contribution in [1.82, 2.24) is 10.2 Å². The number of nitrogens with zero attached hydrogens (tertiary/aromatic N) is 2. The van der Waals surface area contributed by atoms with Gasteiger partial charge in [-0.25, -0.2) is 0 Å². The van der Waals surface area contributed by atoms with Crippen LogP contribution in [0.3, 0.4) is 0 Å². The number of rotatable bonds is 0. The normalized spacial score (nSPS) is 30.9. The largest absolute Gasteiger partial charge is 0.280 e. The van der Waals surface area contributed by atoms with Gasteiger partial charge in [-0.2, -0.15) is 5.10 Å². The molecule has 3 nitrogen and oxygen atoms in total. The molecular formula is C8H6N3. The Balaban J connectivity index is 2.09. The molecule has 1 aliphatic heterocycles. The number of H-pyrrole nitrogens is 1. The Labute approximate surface area is 63.8 Å². The van der Waals surface area contributed by atoms with Crippen LogP contribution in [0.4, 0.5) is 0 Å². The number of hydrogen-bond acceptors (Lipinski definition) is 2. The van der Waals surface area contributed by atoms with Crippen LogP contribution in [0.1, 0.15) is 17.7 Å². The van der Waals surface area contributed by atoms with Crippen LogP contribution in [-0.4, -0.2) is 16.4 Å². The van der Waals surface area contributed by atoms with E-state index in [1.165, 1.54) is 11.3 Å². The zero-order valence-corrected chi connectivity index (χ0v) is 5.83. The highest BCUT2D eigenvalue weighted by Gasteiger charge is 2.51. The van der Waals surface area contributed by atoms with Crippen LogP contribution in [0.2, 0.25) is 0 Å². The minimum atomic E-state index is 0.128. The van der Waals surface area contributed by atoms with Crippen LogP contribution in [-0.2, 0) is 5.41 Å². The molecule has 3 rings (SSSR count). The van der Waals surface area contributed by atoms with Gasteiger partial charge >= 0.3 is 0 Å². The Bertz CT molecular complexity index is 341. The molecular weight excluding hydrogens is 138 g/mol. The van der Waals surface area contributed by atoms with Crippen LogP contribution < -0.4 is 0 Å². The Morgan fingerprint density at radius 3 is 3.27 bits per heavy atom. The molecule has 0 saturated heterocycles. The summed E-state index contributed by atoms with van der Waals surface area (Å²) >= 11 is 0. The van der Waals surface area contributed by atoms with Gasteiger partial charge in [-0.05, 0) is 6.08 Å². The molecule has 2 aliphatic rings. The van der Waals surface area contributed by atoms with Crippen molar-refractivity contribution in [2.45, 2.75) is 11.8 Å². The zero-order chi connectivity index (χ0) is 7.31. The molecule has 1 unspecified atom stereocenters. The molecule has 0 bridgehead atoms. The molecule has 1 atom stereocenters. The number of nitrogens with one attached hydrogen (secondary N) is 1. The number of aromatic amines is 1. The van der Waals surface area contributed by atoms with E-state index in [9.17, 15) is 0 Å². The molecule has 1 aromatic rings. The summed E-state index contributed by atoms with van der Waals surface area (Å²) < 4.78 is 0. The van der Waals surface area contributed by atoms with Crippen LogP contribution in [0.25, 0.3) is 0 Å². The highest BCUT2D eigenvalue weighted by atomic mass is 15.1. The van der Waals surface area contributed by atoms with E-state index in [-0.39, 0.29) is 5.41 Å². The van der Waals surface area contributed by atoms with Crippen molar-refractivity contribution in [3.05, 3.63) is 29.7 Å². The van der Waals surface area contributed by atoms with Crippen molar-refractivity contribution in [2.24, 2.45) is 4.99 Å². The molecule has 1 aliphatic carbocycles. The number of hydrogen-bond donors (Lipinski definition) is 1. The SMILES string of the molecule is [c]1n[nH]c2c1C21C=CN=CC1. The van der Waals surface area contributed by atoms with Crippen molar-refractivity contribution in [3.8, 4) is 0 Å². The number of aromatic nitrogens is 2. The molecule has 1 radical (unpaired) electrons. The molecule has 0 amide bonds. The number of allylic oxidation sites excluding steroid dienone is 1. The van der Waals surface area contributed by atoms with Gasteiger partial charge in [0, 0.05) is 24.4 Å². The van der Waals surface area contributed by atoms with E-state index in [1.54, 1.807) is 0 Å². The van der Waals surface area contributed by atoms with E-state index in [4.69, 9.17) is 0 Å². The standard InChI is InChI=1S/C8H6N3/c1-3-9-4-2-8(1)6-5-10-11-7(6)8/h1,3-4H,2H2,(H,10,11). The van der Waals surface area contributed by atoms with E-state index in [0.717, 1.165) is 6.42 Å². The first kappa shape index (κ1) is 5.29. The fourth-order valence-corrected chi connectivity index (χ4v) is 1.65. The highest BCUT2D eigenvalue weighted by molar-refractivity contribution is 5.73. The average Bonchev–Trinajstić information content (AvgIpc) is 2.54. The lowest BCUT2D eigenvalue weighted by molar-refractivity contribution is 0.766. The van der Waals surface area contributed by atoms with E-state index in [0.29, 0.717) is 0 Å². The second kappa shape index (κ2) is 1.44. The first-order valence-corrected chi connectivity index (χ1v) is 3.60. The van der Waals surface area contributed by atoms with Crippen molar-refractivity contribution < 1.29 is 0 Å². The van der Waals surface area contributed by atoms with Crippen LogP contribution in [0, 0.1) is 6.20 Å². The second-order valence-electron chi connectivity index (χ2n) is 2.91. The predicted octanol–water partition coefficient (Wildman–Crippen LogP) is 0.798. The summed E-state index contributed by atoms with van der Waals surface area (Å²) in [5.41, 5.74) is 2.54. The topological polar surface area (TPSA) is 41.0 Å². The van der Waals surface area contributed by atoms with Crippen LogP contribution in [0.5, 0.6) is 0 Å². The van der Waals surface area contributed by atoms with E-state index >= 15 is 0 Å². The molecule has 0 saturated carbocycles. The molecule has 2 heterocycles. The van der Waals surface area contributed by atoms with Gasteiger partial charge < -0.3 is 0 Å². The molecule has 3 heteroatoms. The monoisotopic (exact) mass is 144 g/mol. The molecule has 0 fully saturated rings. The third-order valence-electron chi connectivity index (χ3n) is 2.38. The minimum absolute atomic E-state index is 0.128. The lowest BCUT2D eigenvalue weighted by atomic mass is 9.97. The lowest BCUT2D eigenvalue weighted by Crippen LogP contribution is -2.09. The summed E-state index contributed by atoms with van der Waals surface area (Å²) in [5, 5.41) is 6.75. The van der Waals surface area contributed by atoms with Crippen molar-refractivity contribution in [3.63, 3.8) is 0 Å². The highest BCUT2D eigenvalue weighted by Crippen LogP contribution is 2.52. The Kier molecular flexibility index (Phi) is 0.695. The fourth-order valence-electron chi connectivity index (χ4n) is 1.65. The first-order chi connectivity index (χ1) is 5.43. The second-order valence-corrected chi connectivity index (χ2v) is 2.91. The summed E-state index contributed by atoms with van der Waals surface area (Å²) in [7, 11) is 0. The van der Waals surface area contributed by atoms with Crippen LogP contribution in [0.15, 0.2) is 17.3 Å². The summed E-state index contributed by atoms with van der Waals surface area (Å²) in [6, 6.07) is 0. The zero-order valence-electron chi connectivity index (χ0n) is 5.83. The van der Waals surface area contributed by atoms with Gasteiger partial charge in [-0.3, -0.25) is 10.1 Å². The quantitative estimate of drug-likeness (QED) is 0.574. The summed E-state index contributed by atoms with van der Waals surface area (Å²) in [4.78, 5) is 4.02.